The van der Waals surface area contributed by atoms with Gasteiger partial charge in [-0.05, 0) is 35.9 Å². The first-order valence-electron chi connectivity index (χ1n) is 11.8. The minimum Gasteiger partial charge on any atom is -0.497 e. The van der Waals surface area contributed by atoms with Gasteiger partial charge >= 0.3 is 5.97 Å². The Morgan fingerprint density at radius 1 is 0.730 bits per heavy atom. The molecule has 1 heterocycles. The molecule has 37 heavy (non-hydrogen) atoms. The van der Waals surface area contributed by atoms with Crippen molar-refractivity contribution < 1.29 is 47.4 Å². The quantitative estimate of drug-likeness (QED) is 0.322. The minimum absolute atomic E-state index is 0.257. The van der Waals surface area contributed by atoms with Crippen molar-refractivity contribution in [1.82, 2.24) is 0 Å². The van der Waals surface area contributed by atoms with Gasteiger partial charge in [0.2, 0.25) is 5.75 Å². The molecule has 0 atom stereocenters. The van der Waals surface area contributed by atoms with E-state index in [-0.39, 0.29) is 12.2 Å². The maximum atomic E-state index is 12.8. The Bertz CT molecular complexity index is 1030. The van der Waals surface area contributed by atoms with Crippen LogP contribution in [0.1, 0.15) is 11.1 Å². The molecule has 0 aromatic heterocycles. The molecule has 0 saturated carbocycles. The number of carbonyl (C=O) groups is 1. The summed E-state index contributed by atoms with van der Waals surface area (Å²) >= 11 is 0. The number of methoxy groups -OCH3 is 4. The lowest BCUT2D eigenvalue weighted by Gasteiger charge is -2.18. The zero-order chi connectivity index (χ0) is 26.5. The fourth-order valence-electron chi connectivity index (χ4n) is 3.58. The molecule has 10 nitrogen and oxygen atoms in total. The summed E-state index contributed by atoms with van der Waals surface area (Å²) in [5.41, 5.74) is 1.40. The molecule has 0 aliphatic carbocycles. The Morgan fingerprint density at radius 2 is 1.30 bits per heavy atom. The molecule has 1 aliphatic rings. The summed E-state index contributed by atoms with van der Waals surface area (Å²) in [7, 11) is 5.92. The molecule has 0 spiro atoms. The number of hydrogen-bond acceptors (Lipinski definition) is 10. The fourth-order valence-corrected chi connectivity index (χ4v) is 3.58. The molecule has 10 heteroatoms. The van der Waals surface area contributed by atoms with Crippen LogP contribution in [0, 0.1) is 0 Å². The van der Waals surface area contributed by atoms with E-state index in [0.29, 0.717) is 86.1 Å². The van der Waals surface area contributed by atoms with Crippen LogP contribution in [0.2, 0.25) is 0 Å². The van der Waals surface area contributed by atoms with E-state index in [1.54, 1.807) is 36.4 Å². The van der Waals surface area contributed by atoms with Gasteiger partial charge in [0.25, 0.3) is 0 Å². The number of hydrogen-bond donors (Lipinski definition) is 0. The molecule has 2 aromatic rings. The number of rotatable bonds is 6. The molecule has 1 aliphatic heterocycles. The molecule has 0 unspecified atom stereocenters. The Labute approximate surface area is 216 Å². The van der Waals surface area contributed by atoms with E-state index >= 15 is 0 Å². The summed E-state index contributed by atoms with van der Waals surface area (Å²) in [5, 5.41) is 0. The molecule has 3 rings (SSSR count). The molecular weight excluding hydrogens is 484 g/mol. The van der Waals surface area contributed by atoms with Crippen LogP contribution < -0.4 is 23.7 Å². The van der Waals surface area contributed by atoms with Crippen LogP contribution in [0.4, 0.5) is 0 Å². The van der Waals surface area contributed by atoms with Gasteiger partial charge in [-0.25, -0.2) is 4.79 Å². The van der Waals surface area contributed by atoms with Crippen LogP contribution in [0.3, 0.4) is 0 Å². The van der Waals surface area contributed by atoms with Crippen molar-refractivity contribution >= 4 is 17.6 Å². The average Bonchev–Trinajstić information content (AvgIpc) is 2.94. The highest BCUT2D eigenvalue weighted by molar-refractivity contribution is 6.22. The highest BCUT2D eigenvalue weighted by Crippen LogP contribution is 2.42. The number of fused-ring (bicyclic) bond motifs is 1. The van der Waals surface area contributed by atoms with E-state index in [1.807, 2.05) is 0 Å². The maximum absolute atomic E-state index is 12.8. The maximum Gasteiger partial charge on any atom is 0.338 e. The van der Waals surface area contributed by atoms with Crippen molar-refractivity contribution in [3.05, 3.63) is 41.5 Å². The van der Waals surface area contributed by atoms with Crippen molar-refractivity contribution in [2.24, 2.45) is 0 Å². The van der Waals surface area contributed by atoms with E-state index in [4.69, 9.17) is 42.6 Å². The van der Waals surface area contributed by atoms with Gasteiger partial charge in [0.1, 0.15) is 24.7 Å². The van der Waals surface area contributed by atoms with Gasteiger partial charge in [-0.2, -0.15) is 0 Å². The lowest BCUT2D eigenvalue weighted by atomic mass is 10.0. The summed E-state index contributed by atoms with van der Waals surface area (Å²) < 4.78 is 50.1. The summed E-state index contributed by atoms with van der Waals surface area (Å²) in [6, 6.07) is 8.70. The monoisotopic (exact) mass is 518 g/mol. The lowest BCUT2D eigenvalue weighted by Crippen LogP contribution is -2.13. The highest BCUT2D eigenvalue weighted by Gasteiger charge is 2.21. The Morgan fingerprint density at radius 3 is 1.84 bits per heavy atom. The second-order valence-electron chi connectivity index (χ2n) is 7.70. The molecule has 0 radical (unpaired) electrons. The van der Waals surface area contributed by atoms with Crippen LogP contribution in [0.25, 0.3) is 11.6 Å². The Hall–Kier alpha value is -3.47. The number of ether oxygens (including phenoxy) is 9. The first kappa shape index (κ1) is 28.1. The normalized spacial score (nSPS) is 15.6. The lowest BCUT2D eigenvalue weighted by molar-refractivity contribution is -0.133. The minimum atomic E-state index is -0.543. The zero-order valence-corrected chi connectivity index (χ0v) is 21.7. The van der Waals surface area contributed by atoms with Gasteiger partial charge in [0.05, 0.1) is 73.7 Å². The summed E-state index contributed by atoms with van der Waals surface area (Å²) in [5.74, 6) is 1.77. The number of esters is 1. The SMILES string of the molecule is COC(=O)/C(=C\c1ccc2c(c1OC)OCCOCCOCCOCCO2)c1cc(OC)cc(OC)c1. The third kappa shape index (κ3) is 8.01. The molecule has 0 saturated heterocycles. The molecule has 0 fully saturated rings. The predicted octanol–water partition coefficient (Wildman–Crippen LogP) is 3.25. The molecule has 202 valence electrons. The first-order chi connectivity index (χ1) is 18.1. The third-order valence-corrected chi connectivity index (χ3v) is 5.38. The van der Waals surface area contributed by atoms with Gasteiger partial charge in [-0.3, -0.25) is 0 Å². The average molecular weight is 519 g/mol. The summed E-state index contributed by atoms with van der Waals surface area (Å²) in [6.07, 6.45) is 1.66. The van der Waals surface area contributed by atoms with Gasteiger partial charge in [0, 0.05) is 11.6 Å². The van der Waals surface area contributed by atoms with Crippen LogP contribution in [-0.2, 0) is 23.7 Å². The van der Waals surface area contributed by atoms with E-state index < -0.39 is 5.97 Å². The highest BCUT2D eigenvalue weighted by atomic mass is 16.6. The second-order valence-corrected chi connectivity index (χ2v) is 7.70. The molecule has 2 aromatic carbocycles. The number of benzene rings is 2. The predicted molar refractivity (Wildman–Crippen MR) is 136 cm³/mol. The van der Waals surface area contributed by atoms with Gasteiger partial charge in [0.15, 0.2) is 11.5 Å². The van der Waals surface area contributed by atoms with E-state index in [0.717, 1.165) is 0 Å². The van der Waals surface area contributed by atoms with Crippen molar-refractivity contribution in [3.8, 4) is 28.7 Å². The third-order valence-electron chi connectivity index (χ3n) is 5.38. The van der Waals surface area contributed by atoms with Crippen molar-refractivity contribution in [2.75, 3.05) is 81.3 Å². The molecule has 0 bridgehead atoms. The van der Waals surface area contributed by atoms with E-state index in [1.165, 1.54) is 28.4 Å². The van der Waals surface area contributed by atoms with Gasteiger partial charge in [-0.15, -0.1) is 0 Å². The van der Waals surface area contributed by atoms with Gasteiger partial charge in [-0.1, -0.05) is 0 Å². The summed E-state index contributed by atoms with van der Waals surface area (Å²) in [4.78, 5) is 12.8. The van der Waals surface area contributed by atoms with E-state index in [9.17, 15) is 4.79 Å². The molecular formula is C27H34O10. The standard InChI is InChI=1S/C27H34O10/c1-29-21-15-20(16-22(18-21)30-2)23(27(28)32-4)17-19-5-6-24-26(25(19)31-3)37-14-12-35-10-8-33-7-9-34-11-13-36-24/h5-6,15-18H,7-14H2,1-4H3/b23-17-. The Kier molecular flexibility index (Phi) is 11.3. The van der Waals surface area contributed by atoms with Gasteiger partial charge < -0.3 is 42.6 Å². The molecule has 0 amide bonds. The van der Waals surface area contributed by atoms with E-state index in [2.05, 4.69) is 0 Å². The number of carbonyl (C=O) groups excluding carboxylic acids is 1. The van der Waals surface area contributed by atoms with Crippen LogP contribution in [0.15, 0.2) is 30.3 Å². The topological polar surface area (TPSA) is 100 Å². The van der Waals surface area contributed by atoms with Crippen LogP contribution in [0.5, 0.6) is 28.7 Å². The summed E-state index contributed by atoms with van der Waals surface area (Å²) in [6.45, 7) is 3.16. The molecule has 0 N–H and O–H groups in total. The van der Waals surface area contributed by atoms with Crippen LogP contribution in [-0.4, -0.2) is 87.3 Å². The first-order valence-corrected chi connectivity index (χ1v) is 11.8. The van der Waals surface area contributed by atoms with Crippen molar-refractivity contribution in [1.29, 1.82) is 0 Å². The Balaban J connectivity index is 2.03. The second kappa shape index (κ2) is 14.9. The largest absolute Gasteiger partial charge is 0.497 e. The zero-order valence-electron chi connectivity index (χ0n) is 21.7. The van der Waals surface area contributed by atoms with Crippen molar-refractivity contribution in [3.63, 3.8) is 0 Å². The van der Waals surface area contributed by atoms with Crippen LogP contribution >= 0.6 is 0 Å². The smallest absolute Gasteiger partial charge is 0.338 e. The van der Waals surface area contributed by atoms with Crippen molar-refractivity contribution in [2.45, 2.75) is 0 Å². The fraction of sp³-hybridized carbons (Fsp3) is 0.444.